The van der Waals surface area contributed by atoms with E-state index in [4.69, 9.17) is 25.9 Å². The summed E-state index contributed by atoms with van der Waals surface area (Å²) in [6, 6.07) is 0. The fourth-order valence-electron chi connectivity index (χ4n) is 7.20. The van der Waals surface area contributed by atoms with Gasteiger partial charge in [0.15, 0.2) is 0 Å². The molecular weight excluding hydrogens is 1470 g/mol. The van der Waals surface area contributed by atoms with Gasteiger partial charge in [-0.05, 0) is 269 Å². The smallest absolute Gasteiger partial charge is 0.0693 e. The zero-order chi connectivity index (χ0) is 104. The third kappa shape index (κ3) is 112. The zero-order valence-corrected chi connectivity index (χ0v) is 92.5. The van der Waals surface area contributed by atoms with Crippen molar-refractivity contribution in [1.82, 2.24) is 0 Å². The average Bonchev–Trinajstić information content (AvgIpc) is 1.09. The molecule has 0 saturated heterocycles. The lowest BCUT2D eigenvalue weighted by atomic mass is 9.72. The highest BCUT2D eigenvalue weighted by molar-refractivity contribution is 4.90. The SMILES string of the molecule is CC(C)(C)C(C)(C)O.CC(C)(C)C(C)(C)O.CC(C)(C)C1CC1.CC(C)(C)CC(C)(C)O.CC(C)(C)CCC(C)(C)O.CC(C)(C)CCCC(C)(C)O.CC(C)(C)CCO.CC(C)(C)CO.CC(O)C(C)(C)C.CCC(C)(O)C(C)(C)C.CCCC(C)(O)C(C)(C)C.CCCC(O)(CC)C(C)(C)C.[2H]C(C)(O)C(C)(C)C.[2H]C([2H])([2H])C(C)(O)C(C)(C)C. The van der Waals surface area contributed by atoms with Crippen molar-refractivity contribution in [1.29, 1.82) is 0 Å². The van der Waals surface area contributed by atoms with Crippen LogP contribution in [-0.4, -0.2) is 142 Å². The second-order valence-corrected chi connectivity index (χ2v) is 53.4. The van der Waals surface area contributed by atoms with Crippen molar-refractivity contribution in [3.63, 3.8) is 0 Å². The number of hydrogen-bond donors (Lipinski definition) is 13. The highest BCUT2D eigenvalue weighted by Crippen LogP contribution is 2.45. The maximum atomic E-state index is 10.2. The standard InChI is InChI=1S/2C10H22O.2C9H20O.2C8H18O.3C7H16O.C7H14.3C6H14O.C5H12O/c1-9(2,3)7-6-8-10(4,5)11;1-6-8-10(11,7-2)9(3,4)5;1-8(2,3)6-7-9(4,5)10;1-6-7-9(5,10)8(2,3)4;1-7(2,3)6-8(4,5)9;1-6-8(5,9)7(2,3)4;3*1-6(2,3)7(4,5)8;1-7(2,3)6-4-5-6;1-6(2,3)4-5-7;2*1-5(7)6(2,3)4;1-5(2,3)4-6/h2*11H,6-8H2,1-5H3;2*10H,6-7H2,1-5H3;2*9H,6H2,1-5H3;3*8H,1-5H3;6H,4-5H2,1-3H3;7H,4-5H2,1-3H3;2*5,7H,1-4H3;6H,4H2,1-3H3/i;;;;;;4D3;;;;;5D;;. The van der Waals surface area contributed by atoms with Crippen molar-refractivity contribution in [2.45, 2.75) is 588 Å². The molecule has 6 unspecified atom stereocenters. The van der Waals surface area contributed by atoms with E-state index in [2.05, 4.69) is 187 Å². The first-order valence-electron chi connectivity index (χ1n) is 47.7. The first kappa shape index (κ1) is 135. The molecule has 0 bridgehead atoms. The van der Waals surface area contributed by atoms with Gasteiger partial charge < -0.3 is 66.4 Å². The number of aliphatic hydroxyl groups is 13. The van der Waals surface area contributed by atoms with Crippen LogP contribution >= 0.6 is 0 Å². The molecule has 1 fully saturated rings. The summed E-state index contributed by atoms with van der Waals surface area (Å²) < 4.78 is 28.4. The van der Waals surface area contributed by atoms with Gasteiger partial charge in [0.1, 0.15) is 0 Å². The molecule has 0 radical (unpaired) electrons. The van der Waals surface area contributed by atoms with Crippen LogP contribution in [0.15, 0.2) is 0 Å². The highest BCUT2D eigenvalue weighted by atomic mass is 16.3. The van der Waals surface area contributed by atoms with Gasteiger partial charge in [-0.1, -0.05) is 338 Å². The molecule has 6 atom stereocenters. The Bertz CT molecular complexity index is 2280. The minimum atomic E-state index is -2.31. The lowest BCUT2D eigenvalue weighted by molar-refractivity contribution is -0.0678. The molecule has 1 aliphatic carbocycles. The quantitative estimate of drug-likeness (QED) is 0.0819. The van der Waals surface area contributed by atoms with E-state index < -0.39 is 68.8 Å². The van der Waals surface area contributed by atoms with Gasteiger partial charge in [0, 0.05) is 17.3 Å². The van der Waals surface area contributed by atoms with Crippen LogP contribution < -0.4 is 0 Å². The predicted octanol–water partition coefficient (Wildman–Crippen LogP) is 28.6. The summed E-state index contributed by atoms with van der Waals surface area (Å²) in [5, 5.41) is 121. The molecule has 1 rings (SSSR count). The Morgan fingerprint density at radius 2 is 0.568 bits per heavy atom. The number of hydrogen-bond acceptors (Lipinski definition) is 13. The van der Waals surface area contributed by atoms with E-state index in [0.29, 0.717) is 28.3 Å². The fraction of sp³-hybridized carbons (Fsp3) is 1.00. The third-order valence-electron chi connectivity index (χ3n) is 22.1. The van der Waals surface area contributed by atoms with Crippen LogP contribution in [0.3, 0.4) is 0 Å². The Hall–Kier alpha value is -0.520. The molecule has 1 saturated carbocycles. The minimum Gasteiger partial charge on any atom is -0.396 e. The van der Waals surface area contributed by atoms with Crippen molar-refractivity contribution in [2.75, 3.05) is 13.2 Å². The van der Waals surface area contributed by atoms with Crippen molar-refractivity contribution >= 4 is 0 Å². The Labute approximate surface area is 751 Å². The molecule has 0 amide bonds. The summed E-state index contributed by atoms with van der Waals surface area (Å²) in [5.41, 5.74) is -4.65. The van der Waals surface area contributed by atoms with E-state index in [1.54, 1.807) is 27.7 Å². The summed E-state index contributed by atoms with van der Waals surface area (Å²) in [7, 11) is 0. The summed E-state index contributed by atoms with van der Waals surface area (Å²) >= 11 is 0. The second-order valence-electron chi connectivity index (χ2n) is 53.4. The predicted molar refractivity (Wildman–Crippen MR) is 529 cm³/mol. The van der Waals surface area contributed by atoms with Crippen LogP contribution in [-0.2, 0) is 0 Å². The van der Waals surface area contributed by atoms with Gasteiger partial charge in [-0.3, -0.25) is 0 Å². The lowest BCUT2D eigenvalue weighted by Crippen LogP contribution is -2.41. The van der Waals surface area contributed by atoms with E-state index in [0.717, 1.165) is 83.0 Å². The fourth-order valence-corrected chi connectivity index (χ4v) is 7.20. The van der Waals surface area contributed by atoms with Gasteiger partial charge in [0.2, 0.25) is 0 Å². The van der Waals surface area contributed by atoms with Crippen LogP contribution in [0, 0.1) is 81.7 Å². The van der Waals surface area contributed by atoms with Crippen molar-refractivity contribution < 1.29 is 71.9 Å². The molecule has 13 N–H and O–H groups in total. The maximum Gasteiger partial charge on any atom is 0.0693 e. The van der Waals surface area contributed by atoms with Gasteiger partial charge in [0.05, 0.1) is 64.0 Å². The molecule has 13 heteroatoms. The Morgan fingerprint density at radius 3 is 0.619 bits per heavy atom. The van der Waals surface area contributed by atoms with Gasteiger partial charge in [-0.2, -0.15) is 0 Å². The third-order valence-corrected chi connectivity index (χ3v) is 22.1. The first-order chi connectivity index (χ1) is 51.5. The molecular formula is C105H236O13. The van der Waals surface area contributed by atoms with Crippen LogP contribution in [0.1, 0.15) is 531 Å². The molecule has 118 heavy (non-hydrogen) atoms. The van der Waals surface area contributed by atoms with Crippen molar-refractivity contribution in [3.05, 3.63) is 0 Å². The topological polar surface area (TPSA) is 263 Å². The highest BCUT2D eigenvalue weighted by Gasteiger charge is 2.39. The monoisotopic (exact) mass is 1710 g/mol. The normalized spacial score (nSPS) is 17.1. The van der Waals surface area contributed by atoms with E-state index in [9.17, 15) is 46.0 Å². The zero-order valence-electron chi connectivity index (χ0n) is 96.5. The van der Waals surface area contributed by atoms with Crippen LogP contribution in [0.25, 0.3) is 0 Å². The molecule has 13 nitrogen and oxygen atoms in total. The molecule has 1 aliphatic rings. The number of rotatable bonds is 13. The van der Waals surface area contributed by atoms with E-state index in [1.807, 2.05) is 194 Å². The van der Waals surface area contributed by atoms with Crippen molar-refractivity contribution in [2.24, 2.45) is 81.7 Å². The largest absolute Gasteiger partial charge is 0.396 e. The Kier molecular flexibility index (Phi) is 66.7. The van der Waals surface area contributed by atoms with E-state index in [1.165, 1.54) is 33.1 Å². The van der Waals surface area contributed by atoms with E-state index >= 15 is 0 Å². The summed E-state index contributed by atoms with van der Waals surface area (Å²) in [6.07, 6.45) is 13.9. The molecule has 0 aromatic heterocycles. The molecule has 0 heterocycles. The van der Waals surface area contributed by atoms with E-state index in [-0.39, 0.29) is 61.4 Å². The minimum absolute atomic E-state index is 0.00174. The summed E-state index contributed by atoms with van der Waals surface area (Å²) in [4.78, 5) is 0. The Morgan fingerprint density at radius 1 is 0.305 bits per heavy atom. The molecule has 0 aromatic rings. The van der Waals surface area contributed by atoms with Crippen LogP contribution in [0.5, 0.6) is 0 Å². The first-order valence-corrected chi connectivity index (χ1v) is 45.7. The molecule has 0 aromatic carbocycles. The second kappa shape index (κ2) is 58.1. The lowest BCUT2D eigenvalue weighted by Gasteiger charge is -2.39. The average molecular weight is 1710 g/mol. The van der Waals surface area contributed by atoms with Gasteiger partial charge in [-0.25, -0.2) is 0 Å². The maximum absolute atomic E-state index is 10.2. The van der Waals surface area contributed by atoms with Gasteiger partial charge in [0.25, 0.3) is 0 Å². The van der Waals surface area contributed by atoms with Crippen molar-refractivity contribution in [3.8, 4) is 0 Å². The van der Waals surface area contributed by atoms with Crippen LogP contribution in [0.2, 0.25) is 0 Å². The molecule has 0 spiro atoms. The molecule has 734 valence electrons. The summed E-state index contributed by atoms with van der Waals surface area (Å²) in [5.74, 6) is 1.05. The number of aliphatic hydroxyl groups excluding tert-OH is 3. The van der Waals surface area contributed by atoms with Gasteiger partial charge >= 0.3 is 0 Å². The molecule has 0 aliphatic heterocycles. The van der Waals surface area contributed by atoms with Gasteiger partial charge in [-0.15, -0.1) is 0 Å². The van der Waals surface area contributed by atoms with Crippen LogP contribution in [0.4, 0.5) is 0 Å². The summed E-state index contributed by atoms with van der Waals surface area (Å²) in [6.45, 7) is 120. The Balaban J connectivity index is -0.0000000956.